The molecule has 15 heavy (non-hydrogen) atoms. The Morgan fingerprint density at radius 1 is 1.33 bits per heavy atom. The van der Waals surface area contributed by atoms with Crippen LogP contribution in [0.3, 0.4) is 0 Å². The average molecular weight is 204 g/mol. The van der Waals surface area contributed by atoms with Gasteiger partial charge in [0, 0.05) is 5.92 Å². The summed E-state index contributed by atoms with van der Waals surface area (Å²) in [6, 6.07) is 10.4. The van der Waals surface area contributed by atoms with Crippen LogP contribution in [-0.2, 0) is 0 Å². The van der Waals surface area contributed by atoms with Crippen molar-refractivity contribution in [2.75, 3.05) is 0 Å². The second kappa shape index (κ2) is 3.97. The third-order valence-corrected chi connectivity index (χ3v) is 3.83. The van der Waals surface area contributed by atoms with Crippen LogP contribution in [0.15, 0.2) is 30.3 Å². The highest BCUT2D eigenvalue weighted by atomic mass is 16.3. The van der Waals surface area contributed by atoms with Gasteiger partial charge in [-0.3, -0.25) is 0 Å². The fourth-order valence-electron chi connectivity index (χ4n) is 2.82. The third kappa shape index (κ3) is 1.81. The highest BCUT2D eigenvalue weighted by Gasteiger charge is 2.56. The molecule has 0 aromatic heterocycles. The molecule has 1 heteroatoms. The van der Waals surface area contributed by atoms with E-state index >= 15 is 0 Å². The maximum Gasteiger partial charge on any atom is 0.0748 e. The van der Waals surface area contributed by atoms with Crippen LogP contribution in [0.5, 0.6) is 0 Å². The maximum atomic E-state index is 10.5. The van der Waals surface area contributed by atoms with Crippen molar-refractivity contribution >= 4 is 0 Å². The lowest BCUT2D eigenvalue weighted by molar-refractivity contribution is 0.0964. The van der Waals surface area contributed by atoms with Gasteiger partial charge in [0.2, 0.25) is 0 Å². The number of hydrogen-bond donors (Lipinski definition) is 1. The van der Waals surface area contributed by atoms with Gasteiger partial charge in [-0.15, -0.1) is 0 Å². The molecule has 3 atom stereocenters. The molecule has 0 radical (unpaired) electrons. The Labute approximate surface area is 92.1 Å². The summed E-state index contributed by atoms with van der Waals surface area (Å²) < 4.78 is 0. The highest BCUT2D eigenvalue weighted by molar-refractivity contribution is 5.27. The van der Waals surface area contributed by atoms with E-state index in [1.807, 2.05) is 6.07 Å². The molecule has 1 aromatic rings. The van der Waals surface area contributed by atoms with Gasteiger partial charge in [-0.05, 0) is 24.3 Å². The molecule has 1 fully saturated rings. The SMILES string of the molecule is CCC1CC1(O)C(CC)c1ccccc1. The molecule has 1 aromatic carbocycles. The Morgan fingerprint density at radius 3 is 2.47 bits per heavy atom. The van der Waals surface area contributed by atoms with E-state index in [2.05, 4.69) is 38.1 Å². The summed E-state index contributed by atoms with van der Waals surface area (Å²) in [5.41, 5.74) is 0.878. The largest absolute Gasteiger partial charge is 0.389 e. The van der Waals surface area contributed by atoms with E-state index in [1.54, 1.807) is 0 Å². The second-order valence-corrected chi connectivity index (χ2v) is 4.67. The quantitative estimate of drug-likeness (QED) is 0.797. The molecule has 1 aliphatic rings. The lowest BCUT2D eigenvalue weighted by atomic mass is 9.87. The Bertz CT molecular complexity index is 319. The van der Waals surface area contributed by atoms with Gasteiger partial charge in [0.25, 0.3) is 0 Å². The van der Waals surface area contributed by atoms with Crippen LogP contribution < -0.4 is 0 Å². The molecule has 0 saturated heterocycles. The molecule has 0 aliphatic heterocycles. The van der Waals surface area contributed by atoms with Crippen LogP contribution in [0, 0.1) is 5.92 Å². The van der Waals surface area contributed by atoms with Crippen LogP contribution >= 0.6 is 0 Å². The first-order valence-corrected chi connectivity index (χ1v) is 5.99. The molecule has 82 valence electrons. The molecule has 1 N–H and O–H groups in total. The molecular formula is C14H20O. The molecule has 2 rings (SSSR count). The van der Waals surface area contributed by atoms with Gasteiger partial charge in [-0.2, -0.15) is 0 Å². The standard InChI is InChI=1S/C14H20O/c1-3-12-10-14(12,15)13(4-2)11-8-6-5-7-9-11/h5-9,12-13,15H,3-4,10H2,1-2H3. The topological polar surface area (TPSA) is 20.2 Å². The summed E-state index contributed by atoms with van der Waals surface area (Å²) in [5.74, 6) is 0.839. The van der Waals surface area contributed by atoms with Gasteiger partial charge < -0.3 is 5.11 Å². The van der Waals surface area contributed by atoms with Gasteiger partial charge in [-0.25, -0.2) is 0 Å². The molecule has 0 spiro atoms. The zero-order chi connectivity index (χ0) is 10.9. The molecule has 1 aliphatic carbocycles. The van der Waals surface area contributed by atoms with Crippen molar-refractivity contribution in [2.45, 2.75) is 44.6 Å². The lowest BCUT2D eigenvalue weighted by Gasteiger charge is -2.23. The van der Waals surface area contributed by atoms with E-state index in [0.29, 0.717) is 11.8 Å². The average Bonchev–Trinajstić information content (AvgIpc) is 2.93. The van der Waals surface area contributed by atoms with Crippen LogP contribution in [0.1, 0.15) is 44.6 Å². The minimum atomic E-state index is -0.412. The molecule has 1 nitrogen and oxygen atoms in total. The summed E-state index contributed by atoms with van der Waals surface area (Å²) in [6.45, 7) is 4.33. The molecule has 0 amide bonds. The first-order valence-electron chi connectivity index (χ1n) is 5.99. The van der Waals surface area contributed by atoms with Gasteiger partial charge in [0.15, 0.2) is 0 Å². The van der Waals surface area contributed by atoms with Crippen LogP contribution in [-0.4, -0.2) is 10.7 Å². The Morgan fingerprint density at radius 2 is 2.00 bits per heavy atom. The van der Waals surface area contributed by atoms with Crippen LogP contribution in [0.2, 0.25) is 0 Å². The normalized spacial score (nSPS) is 31.3. The fourth-order valence-corrected chi connectivity index (χ4v) is 2.82. The van der Waals surface area contributed by atoms with E-state index in [0.717, 1.165) is 19.3 Å². The van der Waals surface area contributed by atoms with Crippen molar-refractivity contribution in [3.05, 3.63) is 35.9 Å². The van der Waals surface area contributed by atoms with E-state index in [9.17, 15) is 5.11 Å². The zero-order valence-electron chi connectivity index (χ0n) is 9.61. The van der Waals surface area contributed by atoms with E-state index < -0.39 is 5.60 Å². The number of hydrogen-bond acceptors (Lipinski definition) is 1. The van der Waals surface area contributed by atoms with E-state index in [4.69, 9.17) is 0 Å². The fraction of sp³-hybridized carbons (Fsp3) is 0.571. The predicted octanol–water partition coefficient (Wildman–Crippen LogP) is 3.34. The first kappa shape index (κ1) is 10.7. The van der Waals surface area contributed by atoms with Gasteiger partial charge in [-0.1, -0.05) is 50.6 Å². The number of rotatable bonds is 4. The molecule has 1 saturated carbocycles. The monoisotopic (exact) mass is 204 g/mol. The summed E-state index contributed by atoms with van der Waals surface area (Å²) >= 11 is 0. The molecule has 0 heterocycles. The lowest BCUT2D eigenvalue weighted by Crippen LogP contribution is -2.22. The number of aliphatic hydroxyl groups is 1. The van der Waals surface area contributed by atoms with Gasteiger partial charge in [0.1, 0.15) is 0 Å². The van der Waals surface area contributed by atoms with Crippen molar-refractivity contribution in [1.29, 1.82) is 0 Å². The van der Waals surface area contributed by atoms with E-state index in [-0.39, 0.29) is 0 Å². The van der Waals surface area contributed by atoms with Crippen molar-refractivity contribution in [3.8, 4) is 0 Å². The first-order chi connectivity index (χ1) is 7.22. The van der Waals surface area contributed by atoms with Crippen molar-refractivity contribution in [1.82, 2.24) is 0 Å². The van der Waals surface area contributed by atoms with Gasteiger partial charge in [0.05, 0.1) is 5.60 Å². The second-order valence-electron chi connectivity index (χ2n) is 4.67. The molecule has 0 bridgehead atoms. The smallest absolute Gasteiger partial charge is 0.0748 e. The van der Waals surface area contributed by atoms with Crippen molar-refractivity contribution in [2.24, 2.45) is 5.92 Å². The highest BCUT2D eigenvalue weighted by Crippen LogP contribution is 2.55. The Kier molecular flexibility index (Phi) is 2.83. The van der Waals surface area contributed by atoms with Gasteiger partial charge >= 0.3 is 0 Å². The minimum Gasteiger partial charge on any atom is -0.389 e. The molecule has 3 unspecified atom stereocenters. The zero-order valence-corrected chi connectivity index (χ0v) is 9.61. The summed E-state index contributed by atoms with van der Waals surface area (Å²) in [7, 11) is 0. The maximum absolute atomic E-state index is 10.5. The minimum absolute atomic E-state index is 0.323. The van der Waals surface area contributed by atoms with Crippen LogP contribution in [0.25, 0.3) is 0 Å². The summed E-state index contributed by atoms with van der Waals surface area (Å²) in [4.78, 5) is 0. The van der Waals surface area contributed by atoms with Crippen molar-refractivity contribution in [3.63, 3.8) is 0 Å². The van der Waals surface area contributed by atoms with E-state index in [1.165, 1.54) is 5.56 Å². The van der Waals surface area contributed by atoms with Crippen LogP contribution in [0.4, 0.5) is 0 Å². The summed E-state index contributed by atoms with van der Waals surface area (Å²) in [5, 5.41) is 10.5. The predicted molar refractivity (Wildman–Crippen MR) is 62.8 cm³/mol. The Balaban J connectivity index is 2.19. The summed E-state index contributed by atoms with van der Waals surface area (Å²) in [6.07, 6.45) is 3.10. The number of benzene rings is 1. The molecular weight excluding hydrogens is 184 g/mol. The Hall–Kier alpha value is -0.820. The van der Waals surface area contributed by atoms with Crippen molar-refractivity contribution < 1.29 is 5.11 Å². The third-order valence-electron chi connectivity index (χ3n) is 3.83.